The van der Waals surface area contributed by atoms with E-state index >= 15 is 0 Å². The zero-order chi connectivity index (χ0) is 11.5. The molecule has 0 bridgehead atoms. The second-order valence-corrected chi connectivity index (χ2v) is 3.17. The van der Waals surface area contributed by atoms with Gasteiger partial charge in [-0.1, -0.05) is 0 Å². The summed E-state index contributed by atoms with van der Waals surface area (Å²) in [7, 11) is 0. The van der Waals surface area contributed by atoms with Gasteiger partial charge in [-0.15, -0.1) is 0 Å². The number of hydrogen-bond acceptors (Lipinski definition) is 6. The van der Waals surface area contributed by atoms with Crippen LogP contribution in [0.4, 0.5) is 0 Å². The second-order valence-electron chi connectivity index (χ2n) is 3.17. The maximum atomic E-state index is 4.26. The van der Waals surface area contributed by atoms with Gasteiger partial charge in [0.15, 0.2) is 11.6 Å². The van der Waals surface area contributed by atoms with Crippen LogP contribution >= 0.6 is 0 Å². The molecule has 3 rings (SSSR count). The first-order valence-electron chi connectivity index (χ1n) is 4.89. The number of H-pyrrole nitrogens is 1. The van der Waals surface area contributed by atoms with Gasteiger partial charge in [0.1, 0.15) is 5.69 Å². The lowest BCUT2D eigenvalue weighted by molar-refractivity contribution is 1.06. The zero-order valence-corrected chi connectivity index (χ0v) is 8.65. The molecular weight excluding hydrogens is 218 g/mol. The van der Waals surface area contributed by atoms with Crippen molar-refractivity contribution in [2.45, 2.75) is 0 Å². The lowest BCUT2D eigenvalue weighted by Gasteiger charge is -1.91. The van der Waals surface area contributed by atoms with Crippen LogP contribution in [0.2, 0.25) is 0 Å². The number of aromatic nitrogens is 7. The van der Waals surface area contributed by atoms with E-state index < -0.39 is 0 Å². The van der Waals surface area contributed by atoms with Crippen LogP contribution in [-0.2, 0) is 0 Å². The van der Waals surface area contributed by atoms with Gasteiger partial charge in [-0.05, 0) is 6.07 Å². The van der Waals surface area contributed by atoms with Crippen LogP contribution in [-0.4, -0.2) is 35.1 Å². The summed E-state index contributed by atoms with van der Waals surface area (Å²) in [6.45, 7) is 0. The van der Waals surface area contributed by atoms with Crippen LogP contribution in [0.5, 0.6) is 0 Å². The SMILES string of the molecule is c1cnc(-c2nc(-c3cnccn3)n[nH]2)nc1. The van der Waals surface area contributed by atoms with Crippen molar-refractivity contribution >= 4 is 0 Å². The van der Waals surface area contributed by atoms with E-state index in [-0.39, 0.29) is 0 Å². The van der Waals surface area contributed by atoms with E-state index in [9.17, 15) is 0 Å². The Kier molecular flexibility index (Phi) is 2.27. The Morgan fingerprint density at radius 3 is 2.53 bits per heavy atom. The second kappa shape index (κ2) is 4.05. The zero-order valence-electron chi connectivity index (χ0n) is 8.65. The third-order valence-electron chi connectivity index (χ3n) is 2.06. The third kappa shape index (κ3) is 1.85. The molecule has 82 valence electrons. The molecule has 0 amide bonds. The Bertz CT molecular complexity index is 551. The Morgan fingerprint density at radius 2 is 1.76 bits per heavy atom. The van der Waals surface area contributed by atoms with Crippen molar-refractivity contribution in [1.82, 2.24) is 35.1 Å². The summed E-state index contributed by atoms with van der Waals surface area (Å²) in [5.74, 6) is 1.47. The Morgan fingerprint density at radius 1 is 0.882 bits per heavy atom. The molecule has 7 nitrogen and oxygen atoms in total. The molecule has 0 unspecified atom stereocenters. The molecule has 0 saturated carbocycles. The van der Waals surface area contributed by atoms with E-state index in [1.165, 1.54) is 0 Å². The van der Waals surface area contributed by atoms with Crippen LogP contribution in [0.25, 0.3) is 23.2 Å². The summed E-state index contributed by atoms with van der Waals surface area (Å²) < 4.78 is 0. The maximum Gasteiger partial charge on any atom is 0.201 e. The minimum Gasteiger partial charge on any atom is -0.261 e. The van der Waals surface area contributed by atoms with Crippen molar-refractivity contribution in [1.29, 1.82) is 0 Å². The predicted octanol–water partition coefficient (Wildman–Crippen LogP) is 0.719. The number of nitrogens with zero attached hydrogens (tertiary/aromatic N) is 6. The van der Waals surface area contributed by atoms with Crippen LogP contribution in [0.1, 0.15) is 0 Å². The van der Waals surface area contributed by atoms with E-state index in [1.807, 2.05) is 0 Å². The Labute approximate surface area is 96.0 Å². The molecule has 3 aromatic rings. The van der Waals surface area contributed by atoms with Crippen molar-refractivity contribution < 1.29 is 0 Å². The maximum absolute atomic E-state index is 4.26. The van der Waals surface area contributed by atoms with E-state index in [4.69, 9.17) is 0 Å². The summed E-state index contributed by atoms with van der Waals surface area (Å²) in [5, 5.41) is 6.81. The van der Waals surface area contributed by atoms with Gasteiger partial charge in [-0.2, -0.15) is 5.10 Å². The van der Waals surface area contributed by atoms with Crippen molar-refractivity contribution in [2.75, 3.05) is 0 Å². The fraction of sp³-hybridized carbons (Fsp3) is 0. The number of aromatic amines is 1. The van der Waals surface area contributed by atoms with Gasteiger partial charge in [0.25, 0.3) is 0 Å². The van der Waals surface area contributed by atoms with Crippen molar-refractivity contribution in [3.05, 3.63) is 37.1 Å². The number of rotatable bonds is 2. The topological polar surface area (TPSA) is 93.1 Å². The molecule has 0 saturated heterocycles. The van der Waals surface area contributed by atoms with E-state index in [0.717, 1.165) is 0 Å². The van der Waals surface area contributed by atoms with Gasteiger partial charge in [0.2, 0.25) is 5.82 Å². The molecule has 0 atom stereocenters. The van der Waals surface area contributed by atoms with Crippen LogP contribution in [0.3, 0.4) is 0 Å². The molecular formula is C10H7N7. The predicted molar refractivity (Wildman–Crippen MR) is 58.4 cm³/mol. The van der Waals surface area contributed by atoms with E-state index in [1.54, 1.807) is 37.1 Å². The van der Waals surface area contributed by atoms with E-state index in [0.29, 0.717) is 23.2 Å². The van der Waals surface area contributed by atoms with Gasteiger partial charge in [-0.25, -0.2) is 19.9 Å². The van der Waals surface area contributed by atoms with Crippen molar-refractivity contribution in [2.24, 2.45) is 0 Å². The normalized spacial score (nSPS) is 10.4. The molecule has 0 spiro atoms. The molecule has 1 N–H and O–H groups in total. The number of nitrogens with one attached hydrogen (secondary N) is 1. The summed E-state index contributed by atoms with van der Waals surface area (Å²) in [4.78, 5) is 20.5. The smallest absolute Gasteiger partial charge is 0.201 e. The van der Waals surface area contributed by atoms with Gasteiger partial charge < -0.3 is 0 Å². The van der Waals surface area contributed by atoms with Gasteiger partial charge >= 0.3 is 0 Å². The minimum absolute atomic E-state index is 0.473. The lowest BCUT2D eigenvalue weighted by Crippen LogP contribution is -1.89. The third-order valence-corrected chi connectivity index (χ3v) is 2.06. The first-order valence-corrected chi connectivity index (χ1v) is 4.89. The van der Waals surface area contributed by atoms with Gasteiger partial charge in [0, 0.05) is 24.8 Å². The fourth-order valence-corrected chi connectivity index (χ4v) is 1.31. The average Bonchev–Trinajstić information content (AvgIpc) is 2.90. The molecule has 7 heteroatoms. The highest BCUT2D eigenvalue weighted by Gasteiger charge is 2.09. The largest absolute Gasteiger partial charge is 0.261 e. The lowest BCUT2D eigenvalue weighted by atomic mass is 10.4. The minimum atomic E-state index is 0.473. The average molecular weight is 225 g/mol. The van der Waals surface area contributed by atoms with Gasteiger partial charge in [0.05, 0.1) is 6.20 Å². The molecule has 17 heavy (non-hydrogen) atoms. The Balaban J connectivity index is 1.99. The molecule has 0 aliphatic rings. The quantitative estimate of drug-likeness (QED) is 0.690. The van der Waals surface area contributed by atoms with Crippen molar-refractivity contribution in [3.63, 3.8) is 0 Å². The highest BCUT2D eigenvalue weighted by Crippen LogP contribution is 2.13. The molecule has 0 fully saturated rings. The first-order chi connectivity index (χ1) is 8.43. The monoisotopic (exact) mass is 225 g/mol. The van der Waals surface area contributed by atoms with Crippen molar-refractivity contribution in [3.8, 4) is 23.2 Å². The standard InChI is InChI=1S/C10H7N7/c1-2-13-9(14-3-1)10-15-8(16-17-10)7-6-11-4-5-12-7/h1-6H,(H,15,16,17). The summed E-state index contributed by atoms with van der Waals surface area (Å²) in [6, 6.07) is 1.74. The fourth-order valence-electron chi connectivity index (χ4n) is 1.31. The molecule has 3 aromatic heterocycles. The number of hydrogen-bond donors (Lipinski definition) is 1. The molecule has 0 aliphatic carbocycles. The summed E-state index contributed by atoms with van der Waals surface area (Å²) in [5.41, 5.74) is 0.603. The van der Waals surface area contributed by atoms with E-state index in [2.05, 4.69) is 35.1 Å². The van der Waals surface area contributed by atoms with Crippen LogP contribution < -0.4 is 0 Å². The highest BCUT2D eigenvalue weighted by molar-refractivity contribution is 5.51. The summed E-state index contributed by atoms with van der Waals surface area (Å²) >= 11 is 0. The highest BCUT2D eigenvalue weighted by atomic mass is 15.2. The van der Waals surface area contributed by atoms with Crippen LogP contribution in [0.15, 0.2) is 37.1 Å². The summed E-state index contributed by atoms with van der Waals surface area (Å²) in [6.07, 6.45) is 8.07. The first kappa shape index (κ1) is 9.52. The molecule has 0 radical (unpaired) electrons. The molecule has 0 aromatic carbocycles. The molecule has 3 heterocycles. The Hall–Kier alpha value is -2.70. The molecule has 0 aliphatic heterocycles. The van der Waals surface area contributed by atoms with Crippen LogP contribution in [0, 0.1) is 0 Å². The van der Waals surface area contributed by atoms with Gasteiger partial charge in [-0.3, -0.25) is 10.1 Å².